The lowest BCUT2D eigenvalue weighted by Gasteiger charge is -2.25. The molecule has 2 N–H and O–H groups in total. The summed E-state index contributed by atoms with van der Waals surface area (Å²) in [6.45, 7) is 2.15. The van der Waals surface area contributed by atoms with Crippen LogP contribution in [0, 0.1) is 5.82 Å². The first-order valence-corrected chi connectivity index (χ1v) is 6.89. The molecule has 0 fully saturated rings. The molecule has 0 saturated heterocycles. The second-order valence-corrected chi connectivity index (χ2v) is 4.69. The first-order chi connectivity index (χ1) is 9.81. The topological polar surface area (TPSA) is 42.1 Å². The van der Waals surface area contributed by atoms with Crippen LogP contribution in [0.5, 0.6) is 0 Å². The molecule has 0 aliphatic carbocycles. The van der Waals surface area contributed by atoms with Crippen molar-refractivity contribution in [1.29, 1.82) is 0 Å². The molecular formula is C16H20FN3. The van der Waals surface area contributed by atoms with Gasteiger partial charge in [0.1, 0.15) is 5.82 Å². The normalized spacial score (nSPS) is 10.5. The van der Waals surface area contributed by atoms with E-state index in [9.17, 15) is 4.39 Å². The molecule has 1 heterocycles. The summed E-state index contributed by atoms with van der Waals surface area (Å²) in [5.41, 5.74) is 7.42. The first-order valence-electron chi connectivity index (χ1n) is 6.89. The van der Waals surface area contributed by atoms with Crippen LogP contribution in [0.15, 0.2) is 48.8 Å². The van der Waals surface area contributed by atoms with E-state index in [1.54, 1.807) is 18.5 Å². The predicted octanol–water partition coefficient (Wildman–Crippen LogP) is 2.62. The number of benzene rings is 1. The van der Waals surface area contributed by atoms with Gasteiger partial charge < -0.3 is 10.6 Å². The third-order valence-corrected chi connectivity index (χ3v) is 3.25. The van der Waals surface area contributed by atoms with Gasteiger partial charge in [-0.2, -0.15) is 0 Å². The molecule has 1 aromatic carbocycles. The quantitative estimate of drug-likeness (QED) is 0.843. The average molecular weight is 273 g/mol. The summed E-state index contributed by atoms with van der Waals surface area (Å²) in [6, 6.07) is 10.9. The van der Waals surface area contributed by atoms with Crippen molar-refractivity contribution in [3.05, 3.63) is 60.2 Å². The van der Waals surface area contributed by atoms with Gasteiger partial charge in [0, 0.05) is 25.5 Å². The molecule has 2 aromatic rings. The number of pyridine rings is 1. The van der Waals surface area contributed by atoms with Crippen molar-refractivity contribution < 1.29 is 4.39 Å². The Morgan fingerprint density at radius 2 is 1.80 bits per heavy atom. The van der Waals surface area contributed by atoms with Crippen molar-refractivity contribution in [2.24, 2.45) is 5.73 Å². The maximum atomic E-state index is 13.9. The second kappa shape index (κ2) is 7.60. The summed E-state index contributed by atoms with van der Waals surface area (Å²) in [6.07, 6.45) is 5.28. The molecule has 0 aliphatic rings. The van der Waals surface area contributed by atoms with Crippen LogP contribution in [0.4, 0.5) is 10.1 Å². The molecule has 106 valence electrons. The monoisotopic (exact) mass is 273 g/mol. The second-order valence-electron chi connectivity index (χ2n) is 4.69. The van der Waals surface area contributed by atoms with E-state index < -0.39 is 0 Å². The van der Waals surface area contributed by atoms with Crippen molar-refractivity contribution in [1.82, 2.24) is 4.98 Å². The van der Waals surface area contributed by atoms with Crippen molar-refractivity contribution in [3.8, 4) is 0 Å². The number of rotatable bonds is 7. The summed E-state index contributed by atoms with van der Waals surface area (Å²) < 4.78 is 13.9. The van der Waals surface area contributed by atoms with E-state index >= 15 is 0 Å². The van der Waals surface area contributed by atoms with Gasteiger partial charge in [-0.3, -0.25) is 4.98 Å². The van der Waals surface area contributed by atoms with E-state index in [2.05, 4.69) is 9.88 Å². The van der Waals surface area contributed by atoms with E-state index in [1.807, 2.05) is 24.3 Å². The summed E-state index contributed by atoms with van der Waals surface area (Å²) in [5, 5.41) is 0. The van der Waals surface area contributed by atoms with Crippen LogP contribution in [-0.4, -0.2) is 24.6 Å². The van der Waals surface area contributed by atoms with Crippen LogP contribution in [0.2, 0.25) is 0 Å². The Bertz CT molecular complexity index is 516. The van der Waals surface area contributed by atoms with Gasteiger partial charge in [0.2, 0.25) is 0 Å². The zero-order chi connectivity index (χ0) is 14.2. The average Bonchev–Trinajstić information content (AvgIpc) is 2.49. The highest BCUT2D eigenvalue weighted by Crippen LogP contribution is 2.19. The highest BCUT2D eigenvalue weighted by atomic mass is 19.1. The molecule has 0 amide bonds. The fourth-order valence-electron chi connectivity index (χ4n) is 2.16. The molecular weight excluding hydrogens is 253 g/mol. The lowest BCUT2D eigenvalue weighted by molar-refractivity contribution is 0.612. The summed E-state index contributed by atoms with van der Waals surface area (Å²) in [5.74, 6) is -0.181. The molecule has 0 saturated carbocycles. The molecule has 2 rings (SSSR count). The van der Waals surface area contributed by atoms with E-state index in [1.165, 1.54) is 11.6 Å². The summed E-state index contributed by atoms with van der Waals surface area (Å²) in [7, 11) is 0. The van der Waals surface area contributed by atoms with Crippen molar-refractivity contribution in [2.45, 2.75) is 12.8 Å². The van der Waals surface area contributed by atoms with Crippen LogP contribution in [-0.2, 0) is 6.42 Å². The highest BCUT2D eigenvalue weighted by molar-refractivity contribution is 5.47. The van der Waals surface area contributed by atoms with Gasteiger partial charge in [-0.25, -0.2) is 4.39 Å². The van der Waals surface area contributed by atoms with Gasteiger partial charge in [0.15, 0.2) is 0 Å². The van der Waals surface area contributed by atoms with Gasteiger partial charge in [-0.05, 0) is 49.2 Å². The summed E-state index contributed by atoms with van der Waals surface area (Å²) in [4.78, 5) is 6.06. The smallest absolute Gasteiger partial charge is 0.146 e. The van der Waals surface area contributed by atoms with Crippen LogP contribution >= 0.6 is 0 Å². The number of nitrogens with two attached hydrogens (primary N) is 1. The third-order valence-electron chi connectivity index (χ3n) is 3.25. The SMILES string of the molecule is NCCCN(CCc1ccncc1)c1ccccc1F. The standard InChI is InChI=1S/C16H20FN3/c17-15-4-1-2-5-16(15)20(12-3-9-18)13-8-14-6-10-19-11-7-14/h1-2,4-7,10-11H,3,8-9,12-13,18H2. The molecule has 1 aromatic heterocycles. The fourth-order valence-corrected chi connectivity index (χ4v) is 2.16. The van der Waals surface area contributed by atoms with Crippen molar-refractivity contribution in [3.63, 3.8) is 0 Å². The molecule has 0 aliphatic heterocycles. The number of hydrogen-bond donors (Lipinski definition) is 1. The maximum absolute atomic E-state index is 13.9. The Labute approximate surface area is 119 Å². The Morgan fingerprint density at radius 3 is 2.50 bits per heavy atom. The lowest BCUT2D eigenvalue weighted by Crippen LogP contribution is -2.29. The van der Waals surface area contributed by atoms with Gasteiger partial charge in [-0.15, -0.1) is 0 Å². The van der Waals surface area contributed by atoms with E-state index in [4.69, 9.17) is 5.73 Å². The van der Waals surface area contributed by atoms with Crippen LogP contribution < -0.4 is 10.6 Å². The van der Waals surface area contributed by atoms with Gasteiger partial charge >= 0.3 is 0 Å². The number of halogens is 1. The molecule has 0 unspecified atom stereocenters. The molecule has 20 heavy (non-hydrogen) atoms. The molecule has 4 heteroatoms. The molecule has 0 atom stereocenters. The molecule has 0 bridgehead atoms. The van der Waals surface area contributed by atoms with E-state index in [0.29, 0.717) is 12.2 Å². The van der Waals surface area contributed by atoms with Crippen LogP contribution in [0.1, 0.15) is 12.0 Å². The number of aromatic nitrogens is 1. The Kier molecular flexibility index (Phi) is 5.50. The Morgan fingerprint density at radius 1 is 1.05 bits per heavy atom. The van der Waals surface area contributed by atoms with Gasteiger partial charge in [0.25, 0.3) is 0 Å². The minimum absolute atomic E-state index is 0.181. The zero-order valence-corrected chi connectivity index (χ0v) is 11.5. The predicted molar refractivity (Wildman–Crippen MR) is 80.2 cm³/mol. The lowest BCUT2D eigenvalue weighted by atomic mass is 10.1. The highest BCUT2D eigenvalue weighted by Gasteiger charge is 2.10. The zero-order valence-electron chi connectivity index (χ0n) is 11.5. The number of anilines is 1. The molecule has 3 nitrogen and oxygen atoms in total. The maximum Gasteiger partial charge on any atom is 0.146 e. The van der Waals surface area contributed by atoms with Crippen LogP contribution in [0.3, 0.4) is 0 Å². The van der Waals surface area contributed by atoms with Crippen molar-refractivity contribution in [2.75, 3.05) is 24.5 Å². The van der Waals surface area contributed by atoms with E-state index in [-0.39, 0.29) is 5.82 Å². The molecule has 0 spiro atoms. The third kappa shape index (κ3) is 4.03. The summed E-state index contributed by atoms with van der Waals surface area (Å²) >= 11 is 0. The number of hydrogen-bond acceptors (Lipinski definition) is 3. The minimum atomic E-state index is -0.181. The minimum Gasteiger partial charge on any atom is -0.369 e. The fraction of sp³-hybridized carbons (Fsp3) is 0.312. The van der Waals surface area contributed by atoms with E-state index in [0.717, 1.165) is 25.9 Å². The largest absolute Gasteiger partial charge is 0.369 e. The number of para-hydroxylation sites is 1. The number of nitrogens with zero attached hydrogens (tertiary/aromatic N) is 2. The van der Waals surface area contributed by atoms with Crippen molar-refractivity contribution >= 4 is 5.69 Å². The van der Waals surface area contributed by atoms with Gasteiger partial charge in [0.05, 0.1) is 5.69 Å². The van der Waals surface area contributed by atoms with Gasteiger partial charge in [-0.1, -0.05) is 12.1 Å². The first kappa shape index (κ1) is 14.5. The molecule has 0 radical (unpaired) electrons. The van der Waals surface area contributed by atoms with Crippen LogP contribution in [0.25, 0.3) is 0 Å². The Balaban J connectivity index is 2.06. The Hall–Kier alpha value is -1.94.